The van der Waals surface area contributed by atoms with E-state index in [1.54, 1.807) is 0 Å². The first-order valence-electron chi connectivity index (χ1n) is 6.66. The number of carboxylic acid groups (broad SMARTS) is 1. The number of sulfonamides is 1. The Kier molecular flexibility index (Phi) is 6.39. The number of hydrogen-bond acceptors (Lipinski definition) is 4. The van der Waals surface area contributed by atoms with E-state index in [-0.39, 0.29) is 6.42 Å². The number of carbonyl (C=O) groups is 1. The summed E-state index contributed by atoms with van der Waals surface area (Å²) in [5.41, 5.74) is 0. The van der Waals surface area contributed by atoms with Crippen LogP contribution in [0, 0.1) is 0 Å². The minimum atomic E-state index is -4.96. The van der Waals surface area contributed by atoms with Gasteiger partial charge >= 0.3 is 12.3 Å². The van der Waals surface area contributed by atoms with Crippen LogP contribution in [0.15, 0.2) is 29.2 Å². The molecule has 1 aromatic rings. The molecule has 0 saturated heterocycles. The van der Waals surface area contributed by atoms with Crippen molar-refractivity contribution in [2.45, 2.75) is 43.5 Å². The van der Waals surface area contributed by atoms with E-state index in [1.807, 2.05) is 11.6 Å². The number of benzene rings is 1. The molecule has 0 aliphatic heterocycles. The first kappa shape index (κ1) is 19.2. The number of ether oxygens (including phenoxy) is 1. The lowest BCUT2D eigenvalue weighted by Crippen LogP contribution is -2.40. The lowest BCUT2D eigenvalue weighted by atomic mass is 10.1. The van der Waals surface area contributed by atoms with Gasteiger partial charge in [0.15, 0.2) is 0 Å². The van der Waals surface area contributed by atoms with Crippen molar-refractivity contribution in [3.63, 3.8) is 0 Å². The molecule has 0 heterocycles. The van der Waals surface area contributed by atoms with Gasteiger partial charge in [-0.3, -0.25) is 4.79 Å². The monoisotopic (exact) mass is 355 g/mol. The molecule has 0 aliphatic rings. The SMILES string of the molecule is CCCCC(NS(=O)(=O)c1cccc(OC(F)(F)F)c1)C(=O)O. The van der Waals surface area contributed by atoms with Crippen molar-refractivity contribution in [2.75, 3.05) is 0 Å². The molecular formula is C13H16F3NO5S. The van der Waals surface area contributed by atoms with Gasteiger partial charge in [0.2, 0.25) is 10.0 Å². The fourth-order valence-corrected chi connectivity index (χ4v) is 2.99. The van der Waals surface area contributed by atoms with Crippen molar-refractivity contribution in [3.8, 4) is 5.75 Å². The molecule has 0 aliphatic carbocycles. The average molecular weight is 355 g/mol. The largest absolute Gasteiger partial charge is 0.573 e. The Hall–Kier alpha value is -1.81. The highest BCUT2D eigenvalue weighted by molar-refractivity contribution is 7.89. The zero-order valence-electron chi connectivity index (χ0n) is 12.1. The number of unbranched alkanes of at least 4 members (excludes halogenated alkanes) is 1. The zero-order valence-corrected chi connectivity index (χ0v) is 12.9. The molecule has 1 aromatic carbocycles. The highest BCUT2D eigenvalue weighted by Crippen LogP contribution is 2.25. The molecule has 0 spiro atoms. The molecule has 0 fully saturated rings. The van der Waals surface area contributed by atoms with E-state index in [9.17, 15) is 26.4 Å². The predicted molar refractivity (Wildman–Crippen MR) is 74.4 cm³/mol. The molecule has 1 atom stereocenters. The molecule has 10 heteroatoms. The standard InChI is InChI=1S/C13H16F3NO5S/c1-2-3-7-11(12(18)19)17-23(20,21)10-6-4-5-9(8-10)22-13(14,15)16/h4-6,8,11,17H,2-3,7H2,1H3,(H,18,19). The topological polar surface area (TPSA) is 92.7 Å². The summed E-state index contributed by atoms with van der Waals surface area (Å²) < 4.78 is 66.3. The molecule has 0 radical (unpaired) electrons. The van der Waals surface area contributed by atoms with Crippen LogP contribution in [-0.4, -0.2) is 31.9 Å². The van der Waals surface area contributed by atoms with Crippen LogP contribution in [0.1, 0.15) is 26.2 Å². The molecule has 1 rings (SSSR count). The number of halogens is 3. The Labute approximate surface area is 131 Å². The zero-order chi connectivity index (χ0) is 17.7. The van der Waals surface area contributed by atoms with Crippen LogP contribution in [0.3, 0.4) is 0 Å². The Morgan fingerprint density at radius 3 is 2.57 bits per heavy atom. The fraction of sp³-hybridized carbons (Fsp3) is 0.462. The summed E-state index contributed by atoms with van der Waals surface area (Å²) in [6.07, 6.45) is -3.73. The van der Waals surface area contributed by atoms with Crippen LogP contribution in [0.2, 0.25) is 0 Å². The van der Waals surface area contributed by atoms with Crippen molar-refractivity contribution in [1.29, 1.82) is 0 Å². The van der Waals surface area contributed by atoms with Gasteiger partial charge in [-0.1, -0.05) is 25.8 Å². The third-order valence-electron chi connectivity index (χ3n) is 2.79. The van der Waals surface area contributed by atoms with Crippen molar-refractivity contribution < 1.29 is 36.2 Å². The third kappa shape index (κ3) is 6.45. The molecule has 130 valence electrons. The van der Waals surface area contributed by atoms with Crippen LogP contribution in [0.5, 0.6) is 5.75 Å². The number of nitrogens with one attached hydrogen (secondary N) is 1. The molecular weight excluding hydrogens is 339 g/mol. The highest BCUT2D eigenvalue weighted by Gasteiger charge is 2.32. The Balaban J connectivity index is 2.99. The number of hydrogen-bond donors (Lipinski definition) is 2. The maximum absolute atomic E-state index is 12.2. The summed E-state index contributed by atoms with van der Waals surface area (Å²) in [7, 11) is -4.29. The van der Waals surface area contributed by atoms with E-state index in [4.69, 9.17) is 5.11 Å². The van der Waals surface area contributed by atoms with Gasteiger partial charge in [-0.15, -0.1) is 13.2 Å². The molecule has 1 unspecified atom stereocenters. The summed E-state index contributed by atoms with van der Waals surface area (Å²) in [4.78, 5) is 10.6. The van der Waals surface area contributed by atoms with Crippen LogP contribution >= 0.6 is 0 Å². The number of aliphatic carboxylic acids is 1. The van der Waals surface area contributed by atoms with Gasteiger partial charge in [0, 0.05) is 6.07 Å². The second-order valence-corrected chi connectivity index (χ2v) is 6.39. The maximum atomic E-state index is 12.2. The van der Waals surface area contributed by atoms with E-state index >= 15 is 0 Å². The molecule has 6 nitrogen and oxygen atoms in total. The Morgan fingerprint density at radius 2 is 2.04 bits per heavy atom. The number of rotatable bonds is 8. The van der Waals surface area contributed by atoms with Gasteiger partial charge in [0.1, 0.15) is 11.8 Å². The molecule has 2 N–H and O–H groups in total. The lowest BCUT2D eigenvalue weighted by molar-refractivity contribution is -0.274. The second kappa shape index (κ2) is 7.64. The fourth-order valence-electron chi connectivity index (χ4n) is 1.73. The summed E-state index contributed by atoms with van der Waals surface area (Å²) >= 11 is 0. The quantitative estimate of drug-likeness (QED) is 0.747. The molecule has 0 aromatic heterocycles. The number of carboxylic acids is 1. The van der Waals surface area contributed by atoms with Crippen molar-refractivity contribution >= 4 is 16.0 Å². The van der Waals surface area contributed by atoms with Gasteiger partial charge in [-0.2, -0.15) is 4.72 Å². The molecule has 0 saturated carbocycles. The number of alkyl halides is 3. The van der Waals surface area contributed by atoms with Crippen molar-refractivity contribution in [1.82, 2.24) is 4.72 Å². The third-order valence-corrected chi connectivity index (χ3v) is 4.26. The second-order valence-electron chi connectivity index (χ2n) is 4.68. The summed E-state index contributed by atoms with van der Waals surface area (Å²) in [5, 5.41) is 9.02. The van der Waals surface area contributed by atoms with Crippen LogP contribution in [-0.2, 0) is 14.8 Å². The maximum Gasteiger partial charge on any atom is 0.573 e. The van der Waals surface area contributed by atoms with Gasteiger partial charge in [0.05, 0.1) is 4.90 Å². The summed E-state index contributed by atoms with van der Waals surface area (Å²) in [6, 6.07) is 2.38. The van der Waals surface area contributed by atoms with Crippen LogP contribution < -0.4 is 9.46 Å². The molecule has 23 heavy (non-hydrogen) atoms. The van der Waals surface area contributed by atoms with E-state index in [0.29, 0.717) is 18.9 Å². The van der Waals surface area contributed by atoms with E-state index in [1.165, 1.54) is 0 Å². The van der Waals surface area contributed by atoms with Gasteiger partial charge in [-0.25, -0.2) is 8.42 Å². The average Bonchev–Trinajstić information content (AvgIpc) is 2.41. The molecule has 0 bridgehead atoms. The smallest absolute Gasteiger partial charge is 0.480 e. The normalized spacial score (nSPS) is 13.6. The van der Waals surface area contributed by atoms with Crippen molar-refractivity contribution in [2.24, 2.45) is 0 Å². The van der Waals surface area contributed by atoms with Crippen LogP contribution in [0.25, 0.3) is 0 Å². The highest BCUT2D eigenvalue weighted by atomic mass is 32.2. The van der Waals surface area contributed by atoms with E-state index in [2.05, 4.69) is 4.74 Å². The van der Waals surface area contributed by atoms with Gasteiger partial charge < -0.3 is 9.84 Å². The van der Waals surface area contributed by atoms with Gasteiger partial charge in [-0.05, 0) is 18.6 Å². The summed E-state index contributed by atoms with van der Waals surface area (Å²) in [6.45, 7) is 1.81. The summed E-state index contributed by atoms with van der Waals surface area (Å²) in [5.74, 6) is -2.06. The first-order chi connectivity index (χ1) is 10.5. The Morgan fingerprint density at radius 1 is 1.39 bits per heavy atom. The lowest BCUT2D eigenvalue weighted by Gasteiger charge is -2.15. The van der Waals surface area contributed by atoms with Crippen LogP contribution in [0.4, 0.5) is 13.2 Å². The van der Waals surface area contributed by atoms with Gasteiger partial charge in [0.25, 0.3) is 0 Å². The molecule has 0 amide bonds. The Bertz CT molecular complexity index is 645. The van der Waals surface area contributed by atoms with E-state index in [0.717, 1.165) is 18.2 Å². The minimum Gasteiger partial charge on any atom is -0.480 e. The predicted octanol–water partition coefficient (Wildman–Crippen LogP) is 2.51. The van der Waals surface area contributed by atoms with Crippen molar-refractivity contribution in [3.05, 3.63) is 24.3 Å². The first-order valence-corrected chi connectivity index (χ1v) is 8.14. The van der Waals surface area contributed by atoms with E-state index < -0.39 is 39.0 Å². The minimum absolute atomic E-state index is 0.0732.